The normalized spacial score (nSPS) is 10.5. The molecule has 0 aliphatic heterocycles. The molecule has 108 valence electrons. The van der Waals surface area contributed by atoms with Gasteiger partial charge in [-0.15, -0.1) is 11.3 Å². The number of hydrogen-bond acceptors (Lipinski definition) is 6. The number of nitrogens with zero attached hydrogens (tertiary/aromatic N) is 2. The molecule has 0 spiro atoms. The van der Waals surface area contributed by atoms with Gasteiger partial charge in [-0.25, -0.2) is 9.78 Å². The lowest BCUT2D eigenvalue weighted by Gasteiger charge is -1.97. The molecule has 2 aromatic rings. The Morgan fingerprint density at radius 1 is 1.33 bits per heavy atom. The predicted molar refractivity (Wildman–Crippen MR) is 79.7 cm³/mol. The summed E-state index contributed by atoms with van der Waals surface area (Å²) in [7, 11) is 0. The average Bonchev–Trinajstić information content (AvgIpc) is 2.95. The van der Waals surface area contributed by atoms with Gasteiger partial charge in [-0.2, -0.15) is 0 Å². The predicted octanol–water partition coefficient (Wildman–Crippen LogP) is 2.26. The maximum absolute atomic E-state index is 11.6. The van der Waals surface area contributed by atoms with E-state index in [1.807, 2.05) is 18.2 Å². The highest BCUT2D eigenvalue weighted by Crippen LogP contribution is 2.22. The zero-order chi connectivity index (χ0) is 15.1. The molecule has 1 N–H and O–H groups in total. The molecule has 2 rings (SSSR count). The Bertz CT molecular complexity index is 652. The Balaban J connectivity index is 1.97. The molecule has 0 saturated heterocycles. The molecule has 0 unspecified atom stereocenters. The van der Waals surface area contributed by atoms with Crippen molar-refractivity contribution >= 4 is 28.3 Å². The molecule has 6 nitrogen and oxygen atoms in total. The quantitative estimate of drug-likeness (QED) is 0.677. The number of rotatable bonds is 5. The summed E-state index contributed by atoms with van der Waals surface area (Å²) in [5.41, 5.74) is 1.42. The van der Waals surface area contributed by atoms with Crippen molar-refractivity contribution in [2.75, 3.05) is 11.9 Å². The largest absolute Gasteiger partial charge is 0.463 e. The van der Waals surface area contributed by atoms with Crippen LogP contribution in [0.15, 0.2) is 41.9 Å². The first-order chi connectivity index (χ1) is 10.2. The molecule has 2 heterocycles. The third kappa shape index (κ3) is 4.50. The number of thiazole rings is 1. The lowest BCUT2D eigenvalue weighted by Crippen LogP contribution is -2.09. The zero-order valence-electron chi connectivity index (χ0n) is 11.3. The summed E-state index contributed by atoms with van der Waals surface area (Å²) < 4.78 is 4.68. The number of nitrogens with one attached hydrogen (secondary N) is 1. The number of pyridine rings is 1. The monoisotopic (exact) mass is 303 g/mol. The Labute approximate surface area is 125 Å². The summed E-state index contributed by atoms with van der Waals surface area (Å²) in [6.45, 7) is 1.96. The molecular weight excluding hydrogens is 290 g/mol. The molecular formula is C14H13N3O3S. The van der Waals surface area contributed by atoms with Crippen molar-refractivity contribution in [1.29, 1.82) is 0 Å². The molecule has 0 aliphatic rings. The Morgan fingerprint density at radius 2 is 2.19 bits per heavy atom. The van der Waals surface area contributed by atoms with Gasteiger partial charge in [-0.05, 0) is 19.1 Å². The van der Waals surface area contributed by atoms with Crippen molar-refractivity contribution in [1.82, 2.24) is 9.97 Å². The number of amides is 1. The van der Waals surface area contributed by atoms with E-state index in [-0.39, 0.29) is 6.61 Å². The molecule has 0 bridgehead atoms. The highest BCUT2D eigenvalue weighted by molar-refractivity contribution is 7.14. The standard InChI is InChI=1S/C14H13N3O3S/c1-2-20-13(19)7-6-12(18)17-14-16-11(9-21-14)10-5-3-4-8-15-10/h3-9H,2H2,1H3,(H,16,17,18)/b7-6+. The van der Waals surface area contributed by atoms with Gasteiger partial charge in [0, 0.05) is 23.7 Å². The first-order valence-electron chi connectivity index (χ1n) is 6.22. The van der Waals surface area contributed by atoms with Crippen LogP contribution in [-0.2, 0) is 14.3 Å². The third-order valence-electron chi connectivity index (χ3n) is 2.32. The van der Waals surface area contributed by atoms with Crippen LogP contribution in [0.4, 0.5) is 5.13 Å². The minimum Gasteiger partial charge on any atom is -0.463 e. The van der Waals surface area contributed by atoms with Crippen LogP contribution in [-0.4, -0.2) is 28.5 Å². The van der Waals surface area contributed by atoms with E-state index in [9.17, 15) is 9.59 Å². The minimum atomic E-state index is -0.555. The molecule has 7 heteroatoms. The highest BCUT2D eigenvalue weighted by atomic mass is 32.1. The SMILES string of the molecule is CCOC(=O)/C=C/C(=O)Nc1nc(-c2ccccn2)cs1. The van der Waals surface area contributed by atoms with Crippen molar-refractivity contribution in [3.63, 3.8) is 0 Å². The van der Waals surface area contributed by atoms with Gasteiger partial charge < -0.3 is 4.74 Å². The second-order valence-electron chi connectivity index (χ2n) is 3.83. The lowest BCUT2D eigenvalue weighted by atomic mass is 10.3. The van der Waals surface area contributed by atoms with Crippen molar-refractivity contribution in [2.45, 2.75) is 6.92 Å². The fourth-order valence-electron chi connectivity index (χ4n) is 1.44. The van der Waals surface area contributed by atoms with E-state index in [2.05, 4.69) is 20.0 Å². The Morgan fingerprint density at radius 3 is 2.90 bits per heavy atom. The molecule has 2 aromatic heterocycles. The minimum absolute atomic E-state index is 0.269. The fourth-order valence-corrected chi connectivity index (χ4v) is 2.15. The number of carbonyl (C=O) groups is 2. The summed E-state index contributed by atoms with van der Waals surface area (Å²) in [5, 5.41) is 4.81. The van der Waals surface area contributed by atoms with Crippen LogP contribution >= 0.6 is 11.3 Å². The first kappa shape index (κ1) is 14.9. The van der Waals surface area contributed by atoms with Gasteiger partial charge in [0.25, 0.3) is 0 Å². The van der Waals surface area contributed by atoms with Crippen LogP contribution in [0, 0.1) is 0 Å². The van der Waals surface area contributed by atoms with Crippen molar-refractivity contribution in [3.05, 3.63) is 41.9 Å². The van der Waals surface area contributed by atoms with Crippen LogP contribution in [0.25, 0.3) is 11.4 Å². The molecule has 0 atom stereocenters. The fraction of sp³-hybridized carbons (Fsp3) is 0.143. The third-order valence-corrected chi connectivity index (χ3v) is 3.08. The van der Waals surface area contributed by atoms with Gasteiger partial charge in [0.2, 0.25) is 5.91 Å². The molecule has 0 aliphatic carbocycles. The lowest BCUT2D eigenvalue weighted by molar-refractivity contribution is -0.137. The van der Waals surface area contributed by atoms with Crippen LogP contribution in [0.5, 0.6) is 0 Å². The van der Waals surface area contributed by atoms with E-state index in [4.69, 9.17) is 0 Å². The number of esters is 1. The molecule has 1 amide bonds. The molecule has 0 radical (unpaired) electrons. The van der Waals surface area contributed by atoms with E-state index in [1.54, 1.807) is 18.5 Å². The van der Waals surface area contributed by atoms with Gasteiger partial charge in [0.15, 0.2) is 5.13 Å². The van der Waals surface area contributed by atoms with Crippen molar-refractivity contribution in [2.24, 2.45) is 0 Å². The number of carbonyl (C=O) groups excluding carboxylic acids is 2. The zero-order valence-corrected chi connectivity index (χ0v) is 12.1. The van der Waals surface area contributed by atoms with Gasteiger partial charge in [-0.1, -0.05) is 6.07 Å². The van der Waals surface area contributed by atoms with Crippen LogP contribution in [0.2, 0.25) is 0 Å². The second kappa shape index (κ2) is 7.30. The molecule has 0 saturated carbocycles. The van der Waals surface area contributed by atoms with Crippen LogP contribution < -0.4 is 5.32 Å². The van der Waals surface area contributed by atoms with Gasteiger partial charge in [-0.3, -0.25) is 15.1 Å². The summed E-state index contributed by atoms with van der Waals surface area (Å²) in [4.78, 5) is 31.1. The second-order valence-corrected chi connectivity index (χ2v) is 4.69. The number of ether oxygens (including phenoxy) is 1. The van der Waals surface area contributed by atoms with Crippen LogP contribution in [0.3, 0.4) is 0 Å². The van der Waals surface area contributed by atoms with Crippen molar-refractivity contribution < 1.29 is 14.3 Å². The molecule has 0 aromatic carbocycles. The van der Waals surface area contributed by atoms with E-state index >= 15 is 0 Å². The topological polar surface area (TPSA) is 81.2 Å². The van der Waals surface area contributed by atoms with Gasteiger partial charge >= 0.3 is 5.97 Å². The van der Waals surface area contributed by atoms with Crippen molar-refractivity contribution in [3.8, 4) is 11.4 Å². The maximum Gasteiger partial charge on any atom is 0.330 e. The average molecular weight is 303 g/mol. The summed E-state index contributed by atoms with van der Waals surface area (Å²) in [6, 6.07) is 5.52. The summed E-state index contributed by atoms with van der Waals surface area (Å²) in [5.74, 6) is -0.995. The maximum atomic E-state index is 11.6. The van der Waals surface area contributed by atoms with E-state index in [1.165, 1.54) is 11.3 Å². The number of hydrogen-bond donors (Lipinski definition) is 1. The van der Waals surface area contributed by atoms with Gasteiger partial charge in [0.1, 0.15) is 5.69 Å². The summed E-state index contributed by atoms with van der Waals surface area (Å²) in [6.07, 6.45) is 3.86. The Kier molecular flexibility index (Phi) is 5.16. The highest BCUT2D eigenvalue weighted by Gasteiger charge is 2.07. The van der Waals surface area contributed by atoms with E-state index in [0.717, 1.165) is 17.8 Å². The van der Waals surface area contributed by atoms with E-state index < -0.39 is 11.9 Å². The Hall–Kier alpha value is -2.54. The summed E-state index contributed by atoms with van der Waals surface area (Å²) >= 11 is 1.28. The molecule has 0 fully saturated rings. The van der Waals surface area contributed by atoms with E-state index in [0.29, 0.717) is 10.8 Å². The first-order valence-corrected chi connectivity index (χ1v) is 7.09. The number of anilines is 1. The van der Waals surface area contributed by atoms with Crippen LogP contribution in [0.1, 0.15) is 6.92 Å². The molecule has 21 heavy (non-hydrogen) atoms. The van der Waals surface area contributed by atoms with Gasteiger partial charge in [0.05, 0.1) is 12.3 Å². The smallest absolute Gasteiger partial charge is 0.330 e. The number of aromatic nitrogens is 2.